The van der Waals surface area contributed by atoms with Crippen molar-refractivity contribution in [2.24, 2.45) is 7.05 Å². The van der Waals surface area contributed by atoms with E-state index in [0.29, 0.717) is 23.0 Å². The number of rotatable bonds is 6. The molecular formula is C15H22N4O2S. The zero-order valence-electron chi connectivity index (χ0n) is 13.4. The van der Waals surface area contributed by atoms with Crippen molar-refractivity contribution >= 4 is 15.5 Å². The lowest BCUT2D eigenvalue weighted by Crippen LogP contribution is -2.12. The summed E-state index contributed by atoms with van der Waals surface area (Å²) < 4.78 is 26.2. The summed E-state index contributed by atoms with van der Waals surface area (Å²) in [7, 11) is -1.34. The van der Waals surface area contributed by atoms with Crippen LogP contribution in [0.2, 0.25) is 0 Å². The van der Waals surface area contributed by atoms with Crippen LogP contribution in [0.4, 0.5) is 5.69 Å². The average molecular weight is 322 g/mol. The molecule has 2 rings (SSSR count). The third-order valence-electron chi connectivity index (χ3n) is 3.55. The van der Waals surface area contributed by atoms with Crippen molar-refractivity contribution in [1.29, 1.82) is 0 Å². The third kappa shape index (κ3) is 3.30. The Balaban J connectivity index is 2.23. The van der Waals surface area contributed by atoms with E-state index in [0.717, 1.165) is 11.6 Å². The molecule has 0 fully saturated rings. The number of aromatic nitrogens is 3. The average Bonchev–Trinajstić information content (AvgIpc) is 2.86. The molecule has 0 bridgehead atoms. The zero-order valence-corrected chi connectivity index (χ0v) is 14.2. The second-order valence-corrected chi connectivity index (χ2v) is 7.69. The normalized spacial score (nSPS) is 11.9. The molecule has 120 valence electrons. The zero-order chi connectivity index (χ0) is 16.3. The molecule has 22 heavy (non-hydrogen) atoms. The summed E-state index contributed by atoms with van der Waals surface area (Å²) in [6, 6.07) is 6.93. The van der Waals surface area contributed by atoms with Gasteiger partial charge < -0.3 is 9.88 Å². The molecule has 0 unspecified atom stereocenters. The van der Waals surface area contributed by atoms with Crippen molar-refractivity contribution in [2.45, 2.75) is 38.1 Å². The first-order chi connectivity index (χ1) is 10.4. The first-order valence-corrected chi connectivity index (χ1v) is 8.95. The molecule has 6 nitrogen and oxygen atoms in total. The summed E-state index contributed by atoms with van der Waals surface area (Å²) in [6.07, 6.45) is 0. The fraction of sp³-hybridized carbons (Fsp3) is 0.467. The van der Waals surface area contributed by atoms with E-state index >= 15 is 0 Å². The number of para-hydroxylation sites is 1. The van der Waals surface area contributed by atoms with Crippen LogP contribution in [0.25, 0.3) is 0 Å². The number of hydrogen-bond acceptors (Lipinski definition) is 5. The standard InChI is InChI=1S/C15H22N4O2S/c1-5-22(20,21)13-9-7-6-8-12(13)16-10-14-17-18-15(11(2)3)19(14)4/h6-9,11,16H,5,10H2,1-4H3. The highest BCUT2D eigenvalue weighted by Crippen LogP contribution is 2.22. The number of sulfone groups is 1. The molecular weight excluding hydrogens is 300 g/mol. The van der Waals surface area contributed by atoms with E-state index in [2.05, 4.69) is 29.4 Å². The maximum absolute atomic E-state index is 12.1. The Hall–Kier alpha value is -1.89. The summed E-state index contributed by atoms with van der Waals surface area (Å²) in [5.74, 6) is 2.05. The lowest BCUT2D eigenvalue weighted by atomic mass is 10.2. The SMILES string of the molecule is CCS(=O)(=O)c1ccccc1NCc1nnc(C(C)C)n1C. The largest absolute Gasteiger partial charge is 0.377 e. The van der Waals surface area contributed by atoms with Gasteiger partial charge in [-0.15, -0.1) is 10.2 Å². The van der Waals surface area contributed by atoms with Gasteiger partial charge in [0.15, 0.2) is 15.7 Å². The first kappa shape index (κ1) is 16.5. The highest BCUT2D eigenvalue weighted by Gasteiger charge is 2.17. The highest BCUT2D eigenvalue weighted by atomic mass is 32.2. The monoisotopic (exact) mass is 322 g/mol. The van der Waals surface area contributed by atoms with E-state index in [1.165, 1.54) is 0 Å². The van der Waals surface area contributed by atoms with Crippen molar-refractivity contribution < 1.29 is 8.42 Å². The minimum Gasteiger partial charge on any atom is -0.377 e. The van der Waals surface area contributed by atoms with Crippen LogP contribution in [-0.2, 0) is 23.4 Å². The van der Waals surface area contributed by atoms with Gasteiger partial charge in [-0.1, -0.05) is 32.9 Å². The van der Waals surface area contributed by atoms with E-state index in [9.17, 15) is 8.42 Å². The van der Waals surface area contributed by atoms with Crippen molar-refractivity contribution in [3.8, 4) is 0 Å². The molecule has 1 aromatic heterocycles. The van der Waals surface area contributed by atoms with Gasteiger partial charge in [0.1, 0.15) is 5.82 Å². The predicted molar refractivity (Wildman–Crippen MR) is 86.6 cm³/mol. The molecule has 0 saturated carbocycles. The summed E-state index contributed by atoms with van der Waals surface area (Å²) >= 11 is 0. The maximum Gasteiger partial charge on any atom is 0.180 e. The first-order valence-electron chi connectivity index (χ1n) is 7.30. The van der Waals surface area contributed by atoms with Gasteiger partial charge in [0.05, 0.1) is 22.9 Å². The Morgan fingerprint density at radius 3 is 2.50 bits per heavy atom. The quantitative estimate of drug-likeness (QED) is 0.883. The van der Waals surface area contributed by atoms with Crippen LogP contribution in [-0.4, -0.2) is 28.9 Å². The van der Waals surface area contributed by atoms with Crippen molar-refractivity contribution in [3.05, 3.63) is 35.9 Å². The van der Waals surface area contributed by atoms with Gasteiger partial charge in [0.25, 0.3) is 0 Å². The van der Waals surface area contributed by atoms with Crippen LogP contribution >= 0.6 is 0 Å². The summed E-state index contributed by atoms with van der Waals surface area (Å²) in [5.41, 5.74) is 0.596. The highest BCUT2D eigenvalue weighted by molar-refractivity contribution is 7.91. The van der Waals surface area contributed by atoms with Crippen molar-refractivity contribution in [2.75, 3.05) is 11.1 Å². The molecule has 0 atom stereocenters. The molecule has 1 aromatic carbocycles. The smallest absolute Gasteiger partial charge is 0.180 e. The number of nitrogens with one attached hydrogen (secondary N) is 1. The van der Waals surface area contributed by atoms with Gasteiger partial charge in [0.2, 0.25) is 0 Å². The van der Waals surface area contributed by atoms with Crippen LogP contribution in [0.1, 0.15) is 38.3 Å². The predicted octanol–water partition coefficient (Wildman–Crippen LogP) is 2.34. The minimum atomic E-state index is -3.26. The molecule has 0 radical (unpaired) electrons. The number of hydrogen-bond donors (Lipinski definition) is 1. The molecule has 0 aliphatic rings. The van der Waals surface area contributed by atoms with E-state index in [1.807, 2.05) is 17.7 Å². The van der Waals surface area contributed by atoms with Crippen LogP contribution in [0.3, 0.4) is 0 Å². The Bertz CT molecular complexity index is 751. The van der Waals surface area contributed by atoms with Crippen LogP contribution in [0.15, 0.2) is 29.2 Å². The van der Waals surface area contributed by atoms with Gasteiger partial charge in [-0.3, -0.25) is 0 Å². The maximum atomic E-state index is 12.1. The van der Waals surface area contributed by atoms with Crippen LogP contribution in [0, 0.1) is 0 Å². The topological polar surface area (TPSA) is 76.9 Å². The molecule has 0 aliphatic heterocycles. The lowest BCUT2D eigenvalue weighted by molar-refractivity contribution is 0.597. The summed E-state index contributed by atoms with van der Waals surface area (Å²) in [4.78, 5) is 0.323. The molecule has 0 saturated heterocycles. The van der Waals surface area contributed by atoms with E-state index in [-0.39, 0.29) is 5.75 Å². The Morgan fingerprint density at radius 2 is 1.91 bits per heavy atom. The van der Waals surface area contributed by atoms with Crippen molar-refractivity contribution in [1.82, 2.24) is 14.8 Å². The Morgan fingerprint density at radius 1 is 1.23 bits per heavy atom. The summed E-state index contributed by atoms with van der Waals surface area (Å²) in [5, 5.41) is 11.5. The lowest BCUT2D eigenvalue weighted by Gasteiger charge is -2.12. The van der Waals surface area contributed by atoms with Gasteiger partial charge in [-0.25, -0.2) is 8.42 Å². The van der Waals surface area contributed by atoms with Gasteiger partial charge >= 0.3 is 0 Å². The number of nitrogens with zero attached hydrogens (tertiary/aromatic N) is 3. The van der Waals surface area contributed by atoms with Gasteiger partial charge in [-0.05, 0) is 12.1 Å². The molecule has 1 heterocycles. The van der Waals surface area contributed by atoms with E-state index < -0.39 is 9.84 Å². The number of benzene rings is 1. The minimum absolute atomic E-state index is 0.0765. The Kier molecular flexibility index (Phi) is 4.85. The van der Waals surface area contributed by atoms with Crippen molar-refractivity contribution in [3.63, 3.8) is 0 Å². The van der Waals surface area contributed by atoms with E-state index in [4.69, 9.17) is 0 Å². The van der Waals surface area contributed by atoms with Crippen LogP contribution in [0.5, 0.6) is 0 Å². The van der Waals surface area contributed by atoms with Gasteiger partial charge in [0, 0.05) is 13.0 Å². The number of anilines is 1. The molecule has 0 amide bonds. The fourth-order valence-electron chi connectivity index (χ4n) is 2.25. The molecule has 7 heteroatoms. The van der Waals surface area contributed by atoms with Crippen LogP contribution < -0.4 is 5.32 Å². The van der Waals surface area contributed by atoms with Gasteiger partial charge in [-0.2, -0.15) is 0 Å². The summed E-state index contributed by atoms with van der Waals surface area (Å²) in [6.45, 7) is 6.19. The molecule has 0 spiro atoms. The molecule has 0 aliphatic carbocycles. The Labute approximate surface area is 131 Å². The molecule has 1 N–H and O–H groups in total. The second kappa shape index (κ2) is 6.48. The third-order valence-corrected chi connectivity index (χ3v) is 5.34. The molecule has 2 aromatic rings. The fourth-order valence-corrected chi connectivity index (χ4v) is 3.32. The second-order valence-electron chi connectivity index (χ2n) is 5.44. The van der Waals surface area contributed by atoms with E-state index in [1.54, 1.807) is 25.1 Å².